The molecule has 6 heteroatoms. The van der Waals surface area contributed by atoms with Gasteiger partial charge in [-0.3, -0.25) is 4.79 Å². The SMILES string of the molecule is CCC(C)n1ncc2c(C(=O)N3CCC(CN)C3)cc(C)nc21. The van der Waals surface area contributed by atoms with E-state index in [-0.39, 0.29) is 11.9 Å². The summed E-state index contributed by atoms with van der Waals surface area (Å²) < 4.78 is 1.92. The highest BCUT2D eigenvalue weighted by atomic mass is 16.2. The van der Waals surface area contributed by atoms with Crippen LogP contribution in [0.15, 0.2) is 12.3 Å². The molecule has 1 amide bonds. The number of fused-ring (bicyclic) bond motifs is 1. The van der Waals surface area contributed by atoms with E-state index in [1.807, 2.05) is 22.6 Å². The molecule has 2 atom stereocenters. The molecule has 0 aliphatic carbocycles. The number of amides is 1. The van der Waals surface area contributed by atoms with Crippen molar-refractivity contribution in [3.63, 3.8) is 0 Å². The second kappa shape index (κ2) is 6.28. The Balaban J connectivity index is 2.01. The third kappa shape index (κ3) is 2.83. The number of pyridine rings is 1. The summed E-state index contributed by atoms with van der Waals surface area (Å²) in [6, 6.07) is 2.14. The minimum Gasteiger partial charge on any atom is -0.338 e. The average molecular weight is 315 g/mol. The molecule has 2 aromatic rings. The van der Waals surface area contributed by atoms with E-state index in [9.17, 15) is 4.79 Å². The van der Waals surface area contributed by atoms with Crippen molar-refractivity contribution in [3.8, 4) is 0 Å². The minimum absolute atomic E-state index is 0.0696. The Kier molecular flexibility index (Phi) is 4.35. The average Bonchev–Trinajstić information content (AvgIpc) is 3.19. The topological polar surface area (TPSA) is 77.0 Å². The number of aromatic nitrogens is 3. The summed E-state index contributed by atoms with van der Waals surface area (Å²) in [5, 5.41) is 5.32. The smallest absolute Gasteiger partial charge is 0.254 e. The Hall–Kier alpha value is -1.95. The minimum atomic E-state index is 0.0696. The number of hydrogen-bond acceptors (Lipinski definition) is 4. The molecule has 0 aromatic carbocycles. The van der Waals surface area contributed by atoms with Crippen molar-refractivity contribution in [1.82, 2.24) is 19.7 Å². The molecule has 1 saturated heterocycles. The zero-order chi connectivity index (χ0) is 16.6. The Morgan fingerprint density at radius 2 is 2.30 bits per heavy atom. The first-order valence-electron chi connectivity index (χ1n) is 8.39. The number of carbonyl (C=O) groups excluding carboxylic acids is 1. The van der Waals surface area contributed by atoms with Gasteiger partial charge in [-0.15, -0.1) is 0 Å². The summed E-state index contributed by atoms with van der Waals surface area (Å²) in [5.41, 5.74) is 8.10. The van der Waals surface area contributed by atoms with Crippen LogP contribution >= 0.6 is 0 Å². The normalized spacial score (nSPS) is 19.5. The maximum Gasteiger partial charge on any atom is 0.254 e. The molecule has 3 heterocycles. The Labute approximate surface area is 136 Å². The van der Waals surface area contributed by atoms with E-state index in [1.54, 1.807) is 6.20 Å². The molecule has 0 bridgehead atoms. The molecule has 0 saturated carbocycles. The summed E-state index contributed by atoms with van der Waals surface area (Å²) in [6.07, 6.45) is 3.74. The Bertz CT molecular complexity index is 723. The van der Waals surface area contributed by atoms with Crippen molar-refractivity contribution < 1.29 is 4.79 Å². The van der Waals surface area contributed by atoms with Gasteiger partial charge in [0.2, 0.25) is 0 Å². The summed E-state index contributed by atoms with van der Waals surface area (Å²) in [7, 11) is 0. The molecule has 2 N–H and O–H groups in total. The lowest BCUT2D eigenvalue weighted by atomic mass is 10.1. The summed E-state index contributed by atoms with van der Waals surface area (Å²) >= 11 is 0. The van der Waals surface area contributed by atoms with Crippen LogP contribution in [0.4, 0.5) is 0 Å². The van der Waals surface area contributed by atoms with Crippen molar-refractivity contribution in [2.75, 3.05) is 19.6 Å². The molecule has 1 aliphatic rings. The first-order valence-corrected chi connectivity index (χ1v) is 8.39. The van der Waals surface area contributed by atoms with Gasteiger partial charge in [0.1, 0.15) is 0 Å². The third-order valence-corrected chi connectivity index (χ3v) is 4.84. The van der Waals surface area contributed by atoms with Crippen LogP contribution in [-0.2, 0) is 0 Å². The highest BCUT2D eigenvalue weighted by molar-refractivity contribution is 6.05. The van der Waals surface area contributed by atoms with Gasteiger partial charge in [-0.05, 0) is 45.2 Å². The van der Waals surface area contributed by atoms with Crippen LogP contribution in [0.5, 0.6) is 0 Å². The van der Waals surface area contributed by atoms with Gasteiger partial charge in [0.15, 0.2) is 5.65 Å². The van der Waals surface area contributed by atoms with Gasteiger partial charge in [-0.25, -0.2) is 9.67 Å². The number of nitrogens with zero attached hydrogens (tertiary/aromatic N) is 4. The van der Waals surface area contributed by atoms with Crippen LogP contribution in [0.3, 0.4) is 0 Å². The quantitative estimate of drug-likeness (QED) is 0.937. The van der Waals surface area contributed by atoms with Gasteiger partial charge in [0, 0.05) is 18.8 Å². The maximum atomic E-state index is 12.9. The van der Waals surface area contributed by atoms with Gasteiger partial charge in [0.05, 0.1) is 23.2 Å². The zero-order valence-electron chi connectivity index (χ0n) is 14.1. The molecule has 6 nitrogen and oxygen atoms in total. The number of carbonyl (C=O) groups is 1. The van der Waals surface area contributed by atoms with Crippen molar-refractivity contribution >= 4 is 16.9 Å². The molecular formula is C17H25N5O. The van der Waals surface area contributed by atoms with Gasteiger partial charge >= 0.3 is 0 Å². The molecule has 2 aromatic heterocycles. The van der Waals surface area contributed by atoms with E-state index in [4.69, 9.17) is 5.73 Å². The van der Waals surface area contributed by atoms with Crippen molar-refractivity contribution in [3.05, 3.63) is 23.5 Å². The molecule has 2 unspecified atom stereocenters. The predicted octanol–water partition coefficient (Wildman–Crippen LogP) is 2.13. The van der Waals surface area contributed by atoms with E-state index < -0.39 is 0 Å². The first kappa shape index (κ1) is 15.9. The van der Waals surface area contributed by atoms with E-state index in [0.29, 0.717) is 18.0 Å². The van der Waals surface area contributed by atoms with Crippen LogP contribution in [0.2, 0.25) is 0 Å². The first-order chi connectivity index (χ1) is 11.0. The number of nitrogens with two attached hydrogens (primary N) is 1. The van der Waals surface area contributed by atoms with Gasteiger partial charge < -0.3 is 10.6 Å². The molecule has 0 radical (unpaired) electrons. The number of likely N-dealkylation sites (tertiary alicyclic amines) is 1. The Morgan fingerprint density at radius 3 is 2.96 bits per heavy atom. The molecule has 3 rings (SSSR count). The van der Waals surface area contributed by atoms with Crippen LogP contribution in [-0.4, -0.2) is 45.2 Å². The fourth-order valence-electron chi connectivity index (χ4n) is 3.20. The number of aryl methyl sites for hydroxylation is 1. The van der Waals surface area contributed by atoms with Gasteiger partial charge in [-0.1, -0.05) is 6.92 Å². The third-order valence-electron chi connectivity index (χ3n) is 4.84. The van der Waals surface area contributed by atoms with E-state index >= 15 is 0 Å². The van der Waals surface area contributed by atoms with E-state index in [1.165, 1.54) is 0 Å². The lowest BCUT2D eigenvalue weighted by molar-refractivity contribution is 0.0789. The van der Waals surface area contributed by atoms with Crippen LogP contribution in [0, 0.1) is 12.8 Å². The molecule has 124 valence electrons. The second-order valence-corrected chi connectivity index (χ2v) is 6.54. The summed E-state index contributed by atoms with van der Waals surface area (Å²) in [6.45, 7) is 8.33. The van der Waals surface area contributed by atoms with Gasteiger partial charge in [-0.2, -0.15) is 5.10 Å². The van der Waals surface area contributed by atoms with Crippen molar-refractivity contribution in [1.29, 1.82) is 0 Å². The van der Waals surface area contributed by atoms with Crippen molar-refractivity contribution in [2.24, 2.45) is 11.7 Å². The monoisotopic (exact) mass is 315 g/mol. The Morgan fingerprint density at radius 1 is 1.52 bits per heavy atom. The molecule has 1 fully saturated rings. The largest absolute Gasteiger partial charge is 0.338 e. The van der Waals surface area contributed by atoms with Crippen LogP contribution in [0.1, 0.15) is 48.8 Å². The fourth-order valence-corrected chi connectivity index (χ4v) is 3.20. The molecule has 23 heavy (non-hydrogen) atoms. The van der Waals surface area contributed by atoms with Gasteiger partial charge in [0.25, 0.3) is 5.91 Å². The lowest BCUT2D eigenvalue weighted by Gasteiger charge is -2.17. The van der Waals surface area contributed by atoms with Crippen LogP contribution < -0.4 is 5.73 Å². The van der Waals surface area contributed by atoms with E-state index in [2.05, 4.69) is 23.9 Å². The lowest BCUT2D eigenvalue weighted by Crippen LogP contribution is -2.30. The molecular weight excluding hydrogens is 290 g/mol. The summed E-state index contributed by atoms with van der Waals surface area (Å²) in [5.74, 6) is 0.486. The number of rotatable bonds is 4. The maximum absolute atomic E-state index is 12.9. The second-order valence-electron chi connectivity index (χ2n) is 6.54. The molecule has 0 spiro atoms. The standard InChI is InChI=1S/C17H25N5O/c1-4-12(3)22-16-15(9-19-22)14(7-11(2)20-16)17(23)21-6-5-13(8-18)10-21/h7,9,12-13H,4-6,8,10,18H2,1-3H3. The van der Waals surface area contributed by atoms with Crippen molar-refractivity contribution in [2.45, 2.75) is 39.7 Å². The van der Waals surface area contributed by atoms with Crippen LogP contribution in [0.25, 0.3) is 11.0 Å². The zero-order valence-corrected chi connectivity index (χ0v) is 14.1. The predicted molar refractivity (Wildman–Crippen MR) is 90.3 cm³/mol. The van der Waals surface area contributed by atoms with E-state index in [0.717, 1.165) is 42.7 Å². The highest BCUT2D eigenvalue weighted by Crippen LogP contribution is 2.25. The highest BCUT2D eigenvalue weighted by Gasteiger charge is 2.28. The number of hydrogen-bond donors (Lipinski definition) is 1. The molecule has 1 aliphatic heterocycles. The summed E-state index contributed by atoms with van der Waals surface area (Å²) in [4.78, 5) is 19.5. The fraction of sp³-hybridized carbons (Fsp3) is 0.588.